The molecular formula is C13H16N2O3S. The second-order valence-corrected chi connectivity index (χ2v) is 4.76. The number of benzene rings is 1. The molecule has 2 N–H and O–H groups in total. The van der Waals surface area contributed by atoms with E-state index >= 15 is 0 Å². The normalized spacial score (nSPS) is 10.5. The third-order valence-electron chi connectivity index (χ3n) is 2.66. The molecule has 0 aliphatic rings. The number of ether oxygens (including phenoxy) is 2. The maximum absolute atomic E-state index is 5.28. The molecule has 19 heavy (non-hydrogen) atoms. The first kappa shape index (κ1) is 13.8. The zero-order chi connectivity index (χ0) is 13.7. The molecule has 2 aromatic rings. The summed E-state index contributed by atoms with van der Waals surface area (Å²) in [6.45, 7) is 0.471. The Hall–Kier alpha value is -1.63. The molecule has 0 radical (unpaired) electrons. The lowest BCUT2D eigenvalue weighted by Crippen LogP contribution is -2.03. The molecule has 5 nitrogen and oxygen atoms in total. The Kier molecular flexibility index (Phi) is 4.73. The fraction of sp³-hybridized carbons (Fsp3) is 0.308. The monoisotopic (exact) mass is 280 g/mol. The molecule has 1 heterocycles. The van der Waals surface area contributed by atoms with Gasteiger partial charge in [0.25, 0.3) is 0 Å². The van der Waals surface area contributed by atoms with E-state index in [1.54, 1.807) is 25.6 Å². The van der Waals surface area contributed by atoms with Gasteiger partial charge in [0.15, 0.2) is 11.5 Å². The molecule has 1 aromatic carbocycles. The van der Waals surface area contributed by atoms with Gasteiger partial charge in [-0.2, -0.15) is 0 Å². The molecule has 0 saturated carbocycles. The first-order valence-electron chi connectivity index (χ1n) is 5.77. The van der Waals surface area contributed by atoms with Crippen molar-refractivity contribution < 1.29 is 14.3 Å². The van der Waals surface area contributed by atoms with Crippen molar-refractivity contribution in [3.05, 3.63) is 28.6 Å². The van der Waals surface area contributed by atoms with Crippen LogP contribution in [0.5, 0.6) is 11.5 Å². The minimum absolute atomic E-state index is 0.471. The lowest BCUT2D eigenvalue weighted by Gasteiger charge is -2.08. The van der Waals surface area contributed by atoms with Crippen molar-refractivity contribution in [2.45, 2.75) is 6.42 Å². The van der Waals surface area contributed by atoms with Gasteiger partial charge in [0, 0.05) is 17.4 Å². The van der Waals surface area contributed by atoms with Crippen molar-refractivity contribution in [3.63, 3.8) is 0 Å². The highest BCUT2D eigenvalue weighted by Gasteiger charge is 2.09. The smallest absolute Gasteiger partial charge is 0.161 e. The lowest BCUT2D eigenvalue weighted by atomic mass is 10.1. The number of hydrogen-bond donors (Lipinski definition) is 1. The van der Waals surface area contributed by atoms with Crippen molar-refractivity contribution in [3.8, 4) is 22.8 Å². The van der Waals surface area contributed by atoms with Crippen LogP contribution < -0.4 is 15.4 Å². The first-order chi connectivity index (χ1) is 9.28. The average Bonchev–Trinajstić information content (AvgIpc) is 2.93. The number of rotatable bonds is 6. The van der Waals surface area contributed by atoms with Crippen LogP contribution in [0.3, 0.4) is 0 Å². The van der Waals surface area contributed by atoms with Crippen LogP contribution in [0.4, 0.5) is 0 Å². The summed E-state index contributed by atoms with van der Waals surface area (Å²) < 4.78 is 10.5. The Labute approximate surface area is 115 Å². The fourth-order valence-electron chi connectivity index (χ4n) is 1.70. The SMILES string of the molecule is COc1ccc(-c2csc(CCON)n2)cc1OC. The number of nitrogens with two attached hydrogens (primary N) is 1. The van der Waals surface area contributed by atoms with Crippen molar-refractivity contribution in [1.29, 1.82) is 0 Å². The lowest BCUT2D eigenvalue weighted by molar-refractivity contribution is 0.141. The van der Waals surface area contributed by atoms with E-state index in [1.165, 1.54) is 0 Å². The molecular weight excluding hydrogens is 264 g/mol. The molecule has 1 aromatic heterocycles. The predicted molar refractivity (Wildman–Crippen MR) is 74.5 cm³/mol. The Balaban J connectivity index is 2.23. The molecule has 102 valence electrons. The van der Waals surface area contributed by atoms with Crippen LogP contribution in [0.25, 0.3) is 11.3 Å². The standard InChI is InChI=1S/C13H16N2O3S/c1-16-11-4-3-9(7-12(11)17-2)10-8-19-13(15-10)5-6-18-14/h3-4,7-8H,5-6,14H2,1-2H3. The summed E-state index contributed by atoms with van der Waals surface area (Å²) in [5.41, 5.74) is 1.91. The molecule has 0 unspecified atom stereocenters. The van der Waals surface area contributed by atoms with Gasteiger partial charge in [-0.15, -0.1) is 11.3 Å². The highest BCUT2D eigenvalue weighted by molar-refractivity contribution is 7.09. The largest absolute Gasteiger partial charge is 0.493 e. The summed E-state index contributed by atoms with van der Waals surface area (Å²) >= 11 is 1.59. The minimum Gasteiger partial charge on any atom is -0.493 e. The van der Waals surface area contributed by atoms with Crippen LogP contribution in [0.15, 0.2) is 23.6 Å². The summed E-state index contributed by atoms with van der Waals surface area (Å²) in [4.78, 5) is 9.09. The third kappa shape index (κ3) is 3.23. The van der Waals surface area contributed by atoms with E-state index in [1.807, 2.05) is 23.6 Å². The minimum atomic E-state index is 0.471. The Bertz CT molecular complexity index is 542. The highest BCUT2D eigenvalue weighted by Crippen LogP contribution is 2.32. The first-order valence-corrected chi connectivity index (χ1v) is 6.65. The number of aromatic nitrogens is 1. The predicted octanol–water partition coefficient (Wildman–Crippen LogP) is 2.26. The third-order valence-corrected chi connectivity index (χ3v) is 3.57. The van der Waals surface area contributed by atoms with Gasteiger partial charge < -0.3 is 14.3 Å². The Morgan fingerprint density at radius 3 is 2.68 bits per heavy atom. The maximum atomic E-state index is 5.28. The molecule has 0 aliphatic heterocycles. The molecule has 0 fully saturated rings. The highest BCUT2D eigenvalue weighted by atomic mass is 32.1. The van der Waals surface area contributed by atoms with Crippen LogP contribution in [0, 0.1) is 0 Å². The van der Waals surface area contributed by atoms with Crippen molar-refractivity contribution in [2.75, 3.05) is 20.8 Å². The zero-order valence-electron chi connectivity index (χ0n) is 10.9. The average molecular weight is 280 g/mol. The van der Waals surface area contributed by atoms with E-state index in [0.717, 1.165) is 16.3 Å². The number of methoxy groups -OCH3 is 2. The number of thiazole rings is 1. The van der Waals surface area contributed by atoms with Crippen LogP contribution >= 0.6 is 11.3 Å². The molecule has 0 atom stereocenters. The molecule has 0 aliphatic carbocycles. The van der Waals surface area contributed by atoms with E-state index < -0.39 is 0 Å². The van der Waals surface area contributed by atoms with E-state index in [2.05, 4.69) is 9.82 Å². The summed E-state index contributed by atoms with van der Waals surface area (Å²) in [6.07, 6.45) is 0.717. The van der Waals surface area contributed by atoms with Crippen LogP contribution in [-0.4, -0.2) is 25.8 Å². The number of hydrogen-bond acceptors (Lipinski definition) is 6. The van der Waals surface area contributed by atoms with Crippen LogP contribution in [0.2, 0.25) is 0 Å². The quantitative estimate of drug-likeness (QED) is 0.822. The molecule has 6 heteroatoms. The number of nitrogens with zero attached hydrogens (tertiary/aromatic N) is 1. The zero-order valence-corrected chi connectivity index (χ0v) is 11.7. The van der Waals surface area contributed by atoms with Gasteiger partial charge >= 0.3 is 0 Å². The van der Waals surface area contributed by atoms with E-state index in [9.17, 15) is 0 Å². The van der Waals surface area contributed by atoms with Gasteiger partial charge in [0.2, 0.25) is 0 Å². The van der Waals surface area contributed by atoms with Gasteiger partial charge in [-0.25, -0.2) is 10.9 Å². The fourth-order valence-corrected chi connectivity index (χ4v) is 2.49. The van der Waals surface area contributed by atoms with Gasteiger partial charge in [-0.1, -0.05) is 0 Å². The Morgan fingerprint density at radius 2 is 2.00 bits per heavy atom. The van der Waals surface area contributed by atoms with Crippen molar-refractivity contribution >= 4 is 11.3 Å². The van der Waals surface area contributed by atoms with Crippen molar-refractivity contribution in [1.82, 2.24) is 4.98 Å². The maximum Gasteiger partial charge on any atom is 0.161 e. The van der Waals surface area contributed by atoms with Gasteiger partial charge in [-0.3, -0.25) is 0 Å². The van der Waals surface area contributed by atoms with Gasteiger partial charge in [-0.05, 0) is 18.2 Å². The molecule has 0 amide bonds. The van der Waals surface area contributed by atoms with E-state index in [4.69, 9.17) is 15.4 Å². The van der Waals surface area contributed by atoms with E-state index in [0.29, 0.717) is 24.5 Å². The second kappa shape index (κ2) is 6.51. The summed E-state index contributed by atoms with van der Waals surface area (Å²) in [7, 11) is 3.23. The van der Waals surface area contributed by atoms with Gasteiger partial charge in [0.1, 0.15) is 0 Å². The molecule has 0 bridgehead atoms. The van der Waals surface area contributed by atoms with E-state index in [-0.39, 0.29) is 0 Å². The second-order valence-electron chi connectivity index (χ2n) is 3.82. The van der Waals surface area contributed by atoms with Gasteiger partial charge in [0.05, 0.1) is 31.5 Å². The summed E-state index contributed by atoms with van der Waals surface area (Å²) in [5, 5.41) is 3.00. The van der Waals surface area contributed by atoms with Crippen LogP contribution in [0.1, 0.15) is 5.01 Å². The van der Waals surface area contributed by atoms with Crippen LogP contribution in [-0.2, 0) is 11.3 Å². The molecule has 2 rings (SSSR count). The topological polar surface area (TPSA) is 66.6 Å². The van der Waals surface area contributed by atoms with Crippen molar-refractivity contribution in [2.24, 2.45) is 5.90 Å². The molecule has 0 saturated heterocycles. The Morgan fingerprint density at radius 1 is 1.21 bits per heavy atom. The summed E-state index contributed by atoms with van der Waals surface area (Å²) in [6, 6.07) is 5.74. The molecule has 0 spiro atoms. The summed E-state index contributed by atoms with van der Waals surface area (Å²) in [5.74, 6) is 6.41.